The number of carbonyl (C=O) groups is 1. The number of hydrogen-bond donors (Lipinski definition) is 2. The highest BCUT2D eigenvalue weighted by Crippen LogP contribution is 2.19. The van der Waals surface area contributed by atoms with Crippen molar-refractivity contribution >= 4 is 21.8 Å². The van der Waals surface area contributed by atoms with Crippen LogP contribution in [0.2, 0.25) is 0 Å². The summed E-state index contributed by atoms with van der Waals surface area (Å²) in [6.45, 7) is 3.92. The standard InChI is InChI=1S/C16H18BrFN4O/c1-10-8-19-7-6-14(10)20-16(23)15-13(17)9-22(21-15)12-4-2-11(18)3-5-12/h2-5,9-10,14,19H,6-8H2,1H3,(H,20,23). The molecule has 1 aromatic carbocycles. The van der Waals surface area contributed by atoms with Crippen LogP contribution in [-0.4, -0.2) is 34.8 Å². The molecule has 1 aliphatic rings. The first-order chi connectivity index (χ1) is 11.0. The molecule has 2 N–H and O–H groups in total. The summed E-state index contributed by atoms with van der Waals surface area (Å²) in [4.78, 5) is 12.5. The first kappa shape index (κ1) is 16.1. The zero-order chi connectivity index (χ0) is 16.4. The molecule has 0 aliphatic carbocycles. The molecule has 3 rings (SSSR count). The minimum Gasteiger partial charge on any atom is -0.348 e. The Hall–Kier alpha value is -1.73. The second-order valence-corrected chi connectivity index (χ2v) is 6.65. The van der Waals surface area contributed by atoms with Crippen LogP contribution >= 0.6 is 15.9 Å². The van der Waals surface area contributed by atoms with Crippen molar-refractivity contribution in [2.45, 2.75) is 19.4 Å². The van der Waals surface area contributed by atoms with Gasteiger partial charge in [-0.1, -0.05) is 6.92 Å². The van der Waals surface area contributed by atoms with E-state index in [2.05, 4.69) is 38.6 Å². The Balaban J connectivity index is 1.77. The fourth-order valence-electron chi connectivity index (χ4n) is 2.70. The van der Waals surface area contributed by atoms with Crippen molar-refractivity contribution in [3.05, 3.63) is 46.4 Å². The fraction of sp³-hybridized carbons (Fsp3) is 0.375. The predicted molar refractivity (Wildman–Crippen MR) is 89.1 cm³/mol. The number of aromatic nitrogens is 2. The normalized spacial score (nSPS) is 21.2. The molecule has 1 saturated heterocycles. The molecule has 2 atom stereocenters. The van der Waals surface area contributed by atoms with E-state index in [1.807, 2.05) is 0 Å². The molecule has 23 heavy (non-hydrogen) atoms. The van der Waals surface area contributed by atoms with Crippen molar-refractivity contribution in [1.29, 1.82) is 0 Å². The van der Waals surface area contributed by atoms with Crippen molar-refractivity contribution in [2.24, 2.45) is 5.92 Å². The maximum atomic E-state index is 13.0. The molecule has 1 aromatic heterocycles. The maximum Gasteiger partial charge on any atom is 0.273 e. The Morgan fingerprint density at radius 2 is 2.17 bits per heavy atom. The molecule has 0 spiro atoms. The number of piperidine rings is 1. The lowest BCUT2D eigenvalue weighted by Crippen LogP contribution is -2.48. The van der Waals surface area contributed by atoms with Gasteiger partial charge in [-0.2, -0.15) is 5.10 Å². The van der Waals surface area contributed by atoms with Crippen molar-refractivity contribution in [2.75, 3.05) is 13.1 Å². The molecule has 2 aromatic rings. The number of amides is 1. The molecule has 2 unspecified atom stereocenters. The number of nitrogens with zero attached hydrogens (tertiary/aromatic N) is 2. The van der Waals surface area contributed by atoms with Crippen LogP contribution in [-0.2, 0) is 0 Å². The Morgan fingerprint density at radius 1 is 1.43 bits per heavy atom. The van der Waals surface area contributed by atoms with Gasteiger partial charge in [0.25, 0.3) is 5.91 Å². The third kappa shape index (κ3) is 3.61. The molecular weight excluding hydrogens is 363 g/mol. The van der Waals surface area contributed by atoms with Crippen molar-refractivity contribution in [3.63, 3.8) is 0 Å². The summed E-state index contributed by atoms with van der Waals surface area (Å²) in [6, 6.07) is 6.10. The zero-order valence-corrected chi connectivity index (χ0v) is 14.3. The third-order valence-electron chi connectivity index (χ3n) is 4.08. The van der Waals surface area contributed by atoms with Gasteiger partial charge < -0.3 is 10.6 Å². The van der Waals surface area contributed by atoms with Crippen molar-refractivity contribution < 1.29 is 9.18 Å². The van der Waals surface area contributed by atoms with Crippen molar-refractivity contribution in [3.8, 4) is 5.69 Å². The highest BCUT2D eigenvalue weighted by Gasteiger charge is 2.25. The predicted octanol–water partition coefficient (Wildman–Crippen LogP) is 2.50. The number of hydrogen-bond acceptors (Lipinski definition) is 3. The van der Waals surface area contributed by atoms with Crippen LogP contribution in [0, 0.1) is 11.7 Å². The second kappa shape index (κ2) is 6.80. The van der Waals surface area contributed by atoms with Crippen LogP contribution in [0.5, 0.6) is 0 Å². The molecule has 2 heterocycles. The second-order valence-electron chi connectivity index (χ2n) is 5.80. The SMILES string of the molecule is CC1CNCCC1NC(=O)c1nn(-c2ccc(F)cc2)cc1Br. The van der Waals surface area contributed by atoms with Gasteiger partial charge in [0.1, 0.15) is 5.82 Å². The zero-order valence-electron chi connectivity index (χ0n) is 12.7. The molecule has 1 amide bonds. The van der Waals surface area contributed by atoms with Gasteiger partial charge in [-0.15, -0.1) is 0 Å². The third-order valence-corrected chi connectivity index (χ3v) is 4.66. The summed E-state index contributed by atoms with van der Waals surface area (Å²) in [7, 11) is 0. The van der Waals surface area contributed by atoms with Crippen LogP contribution in [0.3, 0.4) is 0 Å². The molecule has 7 heteroatoms. The van der Waals surface area contributed by atoms with Gasteiger partial charge in [-0.3, -0.25) is 4.79 Å². The molecule has 0 bridgehead atoms. The van der Waals surface area contributed by atoms with Crippen LogP contribution < -0.4 is 10.6 Å². The monoisotopic (exact) mass is 380 g/mol. The summed E-state index contributed by atoms with van der Waals surface area (Å²) in [5.74, 6) is -0.125. The first-order valence-electron chi connectivity index (χ1n) is 7.57. The summed E-state index contributed by atoms with van der Waals surface area (Å²) in [6.07, 6.45) is 2.61. The maximum absolute atomic E-state index is 13.0. The van der Waals surface area contributed by atoms with Crippen LogP contribution in [0.15, 0.2) is 34.9 Å². The van der Waals surface area contributed by atoms with E-state index in [-0.39, 0.29) is 17.8 Å². The summed E-state index contributed by atoms with van der Waals surface area (Å²) < 4.78 is 15.2. The molecule has 5 nitrogen and oxygen atoms in total. The molecule has 122 valence electrons. The smallest absolute Gasteiger partial charge is 0.273 e. The van der Waals surface area contributed by atoms with E-state index in [9.17, 15) is 9.18 Å². The summed E-state index contributed by atoms with van der Waals surface area (Å²) in [5.41, 5.74) is 1.03. The van der Waals surface area contributed by atoms with Crippen LogP contribution in [0.4, 0.5) is 4.39 Å². The van der Waals surface area contributed by atoms with Gasteiger partial charge in [0.2, 0.25) is 0 Å². The highest BCUT2D eigenvalue weighted by atomic mass is 79.9. The molecular formula is C16H18BrFN4O. The highest BCUT2D eigenvalue weighted by molar-refractivity contribution is 9.10. The first-order valence-corrected chi connectivity index (χ1v) is 8.36. The Labute approximate surface area is 142 Å². The minimum atomic E-state index is -0.308. The van der Waals surface area contributed by atoms with E-state index in [1.54, 1.807) is 23.0 Å². The molecule has 1 fully saturated rings. The van der Waals surface area contributed by atoms with E-state index >= 15 is 0 Å². The Morgan fingerprint density at radius 3 is 2.87 bits per heavy atom. The lowest BCUT2D eigenvalue weighted by atomic mass is 9.95. The summed E-state index contributed by atoms with van der Waals surface area (Å²) >= 11 is 3.38. The molecule has 0 saturated carbocycles. The van der Waals surface area contributed by atoms with E-state index in [0.29, 0.717) is 21.8 Å². The van der Waals surface area contributed by atoms with Gasteiger partial charge in [0, 0.05) is 12.2 Å². The van der Waals surface area contributed by atoms with Crippen molar-refractivity contribution in [1.82, 2.24) is 20.4 Å². The molecule has 1 aliphatic heterocycles. The van der Waals surface area contributed by atoms with E-state index in [4.69, 9.17) is 0 Å². The van der Waals surface area contributed by atoms with E-state index in [1.165, 1.54) is 12.1 Å². The average Bonchev–Trinajstić information content (AvgIpc) is 2.92. The topological polar surface area (TPSA) is 58.9 Å². The number of benzene rings is 1. The Kier molecular flexibility index (Phi) is 4.77. The van der Waals surface area contributed by atoms with Gasteiger partial charge in [-0.05, 0) is 65.6 Å². The summed E-state index contributed by atoms with van der Waals surface area (Å²) in [5, 5.41) is 10.7. The van der Waals surface area contributed by atoms with Gasteiger partial charge in [-0.25, -0.2) is 9.07 Å². The van der Waals surface area contributed by atoms with Crippen LogP contribution in [0.1, 0.15) is 23.8 Å². The Bertz CT molecular complexity index is 701. The number of rotatable bonds is 3. The van der Waals surface area contributed by atoms with Gasteiger partial charge in [0.05, 0.1) is 10.2 Å². The number of carbonyl (C=O) groups excluding carboxylic acids is 1. The van der Waals surface area contributed by atoms with Crippen LogP contribution in [0.25, 0.3) is 5.69 Å². The van der Waals surface area contributed by atoms with Gasteiger partial charge in [0.15, 0.2) is 5.69 Å². The molecule has 0 radical (unpaired) electrons. The number of nitrogens with one attached hydrogen (secondary N) is 2. The quantitative estimate of drug-likeness (QED) is 0.859. The average molecular weight is 381 g/mol. The lowest BCUT2D eigenvalue weighted by molar-refractivity contribution is 0.0908. The van der Waals surface area contributed by atoms with Gasteiger partial charge >= 0.3 is 0 Å². The number of halogens is 2. The van der Waals surface area contributed by atoms with E-state index in [0.717, 1.165) is 19.5 Å². The minimum absolute atomic E-state index is 0.145. The lowest BCUT2D eigenvalue weighted by Gasteiger charge is -2.29. The largest absolute Gasteiger partial charge is 0.348 e. The van der Waals surface area contributed by atoms with E-state index < -0.39 is 0 Å². The fourth-order valence-corrected chi connectivity index (χ4v) is 3.15.